The zero-order valence-corrected chi connectivity index (χ0v) is 17.7. The molecule has 0 aromatic heterocycles. The molecule has 27 heavy (non-hydrogen) atoms. The maximum Gasteiger partial charge on any atom is 0.407 e. The number of carboxylic acid groups (broad SMARTS) is 1. The quantitative estimate of drug-likeness (QED) is 0.550. The van der Waals surface area contributed by atoms with Crippen molar-refractivity contribution in [2.45, 2.75) is 51.2 Å². The lowest BCUT2D eigenvalue weighted by atomic mass is 9.85. The summed E-state index contributed by atoms with van der Waals surface area (Å²) in [6.07, 6.45) is 0.304. The van der Waals surface area contributed by atoms with E-state index >= 15 is 0 Å². The van der Waals surface area contributed by atoms with E-state index in [4.69, 9.17) is 0 Å². The number of rotatable bonds is 8. The third-order valence-electron chi connectivity index (χ3n) is 4.80. The number of benzene rings is 2. The molecule has 0 aliphatic rings. The molecule has 2 aromatic rings. The third-order valence-corrected chi connectivity index (χ3v) is 5.33. The third kappa shape index (κ3) is 6.67. The van der Waals surface area contributed by atoms with Gasteiger partial charge in [0.1, 0.15) is 0 Å². The normalized spacial score (nSPS) is 13.8. The standard InChI is InChI=1S/C22H28BrNO3/c1-16(17-9-11-20(23)12-10-17)24(21(25)26)14-13-19(15-22(2,3)27)18-7-5-4-6-8-18/h4-12,16,19,27H,13-15H2,1-3H3,(H,25,26)/t16-,19+/m0/s1. The predicted octanol–water partition coefficient (Wildman–Crippen LogP) is 5.83. The van der Waals surface area contributed by atoms with Gasteiger partial charge in [-0.2, -0.15) is 0 Å². The zero-order valence-electron chi connectivity index (χ0n) is 16.1. The van der Waals surface area contributed by atoms with Crippen LogP contribution < -0.4 is 0 Å². The Hall–Kier alpha value is -1.85. The Labute approximate surface area is 170 Å². The van der Waals surface area contributed by atoms with Gasteiger partial charge in [0, 0.05) is 11.0 Å². The molecule has 0 saturated carbocycles. The summed E-state index contributed by atoms with van der Waals surface area (Å²) >= 11 is 3.41. The monoisotopic (exact) mass is 433 g/mol. The van der Waals surface area contributed by atoms with E-state index in [2.05, 4.69) is 15.9 Å². The predicted molar refractivity (Wildman–Crippen MR) is 112 cm³/mol. The maximum absolute atomic E-state index is 11.9. The second-order valence-corrected chi connectivity index (χ2v) is 8.53. The van der Waals surface area contributed by atoms with E-state index in [9.17, 15) is 15.0 Å². The maximum atomic E-state index is 11.9. The van der Waals surface area contributed by atoms with E-state index < -0.39 is 11.7 Å². The summed E-state index contributed by atoms with van der Waals surface area (Å²) in [6.45, 7) is 5.90. The van der Waals surface area contributed by atoms with Gasteiger partial charge in [0.25, 0.3) is 0 Å². The SMILES string of the molecule is C[C@@H](c1ccc(Br)cc1)N(CC[C@H](CC(C)(C)O)c1ccccc1)C(=O)O. The van der Waals surface area contributed by atoms with Crippen LogP contribution in [-0.2, 0) is 0 Å². The molecule has 0 bridgehead atoms. The molecule has 0 spiro atoms. The number of carbonyl (C=O) groups is 1. The van der Waals surface area contributed by atoms with Gasteiger partial charge < -0.3 is 15.1 Å². The highest BCUT2D eigenvalue weighted by atomic mass is 79.9. The van der Waals surface area contributed by atoms with E-state index in [0.29, 0.717) is 19.4 Å². The minimum Gasteiger partial charge on any atom is -0.465 e. The van der Waals surface area contributed by atoms with Crippen molar-refractivity contribution in [3.8, 4) is 0 Å². The lowest BCUT2D eigenvalue weighted by molar-refractivity contribution is 0.0598. The smallest absolute Gasteiger partial charge is 0.407 e. The number of amides is 1. The second-order valence-electron chi connectivity index (χ2n) is 7.62. The minimum absolute atomic E-state index is 0.0881. The largest absolute Gasteiger partial charge is 0.465 e. The average molecular weight is 434 g/mol. The Bertz CT molecular complexity index is 725. The summed E-state index contributed by atoms with van der Waals surface area (Å²) in [7, 11) is 0. The Kier molecular flexibility index (Phi) is 7.45. The Morgan fingerprint density at radius 1 is 1.07 bits per heavy atom. The van der Waals surface area contributed by atoms with Crippen LogP contribution in [0.15, 0.2) is 59.1 Å². The van der Waals surface area contributed by atoms with Gasteiger partial charge in [-0.05, 0) is 62.8 Å². The molecule has 0 radical (unpaired) electrons. The van der Waals surface area contributed by atoms with Crippen molar-refractivity contribution in [2.24, 2.45) is 0 Å². The molecule has 1 amide bonds. The van der Waals surface area contributed by atoms with E-state index in [1.165, 1.54) is 4.90 Å². The van der Waals surface area contributed by atoms with Crippen LogP contribution in [0.25, 0.3) is 0 Å². The molecular weight excluding hydrogens is 406 g/mol. The van der Waals surface area contributed by atoms with E-state index in [-0.39, 0.29) is 12.0 Å². The van der Waals surface area contributed by atoms with Crippen LogP contribution in [0.3, 0.4) is 0 Å². The van der Waals surface area contributed by atoms with Crippen LogP contribution in [0.1, 0.15) is 56.7 Å². The topological polar surface area (TPSA) is 60.8 Å². The van der Waals surface area contributed by atoms with Crippen molar-refractivity contribution < 1.29 is 15.0 Å². The first kappa shape index (κ1) is 21.5. The summed E-state index contributed by atoms with van der Waals surface area (Å²) in [6, 6.07) is 17.5. The lowest BCUT2D eigenvalue weighted by Crippen LogP contribution is -2.34. The summed E-state index contributed by atoms with van der Waals surface area (Å²) in [5.41, 5.74) is 1.27. The van der Waals surface area contributed by atoms with Crippen LogP contribution in [0, 0.1) is 0 Å². The highest BCUT2D eigenvalue weighted by molar-refractivity contribution is 9.10. The van der Waals surface area contributed by atoms with E-state index in [1.54, 1.807) is 13.8 Å². The van der Waals surface area contributed by atoms with Crippen LogP contribution >= 0.6 is 15.9 Å². The molecule has 0 aliphatic carbocycles. The first-order chi connectivity index (χ1) is 12.7. The average Bonchev–Trinajstić information content (AvgIpc) is 2.61. The molecule has 2 rings (SSSR count). The minimum atomic E-state index is -0.930. The molecule has 0 aliphatic heterocycles. The number of hydrogen-bond donors (Lipinski definition) is 2. The summed E-state index contributed by atoms with van der Waals surface area (Å²) < 4.78 is 0.967. The fourth-order valence-corrected chi connectivity index (χ4v) is 3.65. The van der Waals surface area contributed by atoms with Gasteiger partial charge in [-0.15, -0.1) is 0 Å². The van der Waals surface area contributed by atoms with Gasteiger partial charge >= 0.3 is 6.09 Å². The molecule has 2 aromatic carbocycles. The van der Waals surface area contributed by atoms with Gasteiger partial charge in [-0.25, -0.2) is 4.79 Å². The summed E-state index contributed by atoms with van der Waals surface area (Å²) in [4.78, 5) is 13.4. The molecule has 0 saturated heterocycles. The molecular formula is C22H28BrNO3. The van der Waals surface area contributed by atoms with Gasteiger partial charge in [0.05, 0.1) is 11.6 Å². The molecule has 0 fully saturated rings. The fourth-order valence-electron chi connectivity index (χ4n) is 3.39. The molecule has 2 N–H and O–H groups in total. The van der Waals surface area contributed by atoms with Crippen molar-refractivity contribution in [2.75, 3.05) is 6.54 Å². The fraction of sp³-hybridized carbons (Fsp3) is 0.409. The number of hydrogen-bond acceptors (Lipinski definition) is 2. The van der Waals surface area contributed by atoms with Crippen molar-refractivity contribution in [1.82, 2.24) is 4.90 Å². The lowest BCUT2D eigenvalue weighted by Gasteiger charge is -2.31. The van der Waals surface area contributed by atoms with E-state index in [1.807, 2.05) is 61.5 Å². The summed E-state index contributed by atoms with van der Waals surface area (Å²) in [5.74, 6) is 0.0881. The molecule has 4 nitrogen and oxygen atoms in total. The van der Waals surface area contributed by atoms with Crippen molar-refractivity contribution in [3.63, 3.8) is 0 Å². The van der Waals surface area contributed by atoms with Crippen molar-refractivity contribution >= 4 is 22.0 Å². The molecule has 5 heteroatoms. The first-order valence-electron chi connectivity index (χ1n) is 9.20. The molecule has 2 atom stereocenters. The van der Waals surface area contributed by atoms with Crippen LogP contribution in [-0.4, -0.2) is 33.4 Å². The Morgan fingerprint density at radius 3 is 2.19 bits per heavy atom. The number of nitrogens with zero attached hydrogens (tertiary/aromatic N) is 1. The molecule has 0 unspecified atom stereocenters. The van der Waals surface area contributed by atoms with Gasteiger partial charge in [0.2, 0.25) is 0 Å². The van der Waals surface area contributed by atoms with Gasteiger partial charge in [0.15, 0.2) is 0 Å². The number of halogens is 1. The van der Waals surface area contributed by atoms with Crippen molar-refractivity contribution in [1.29, 1.82) is 0 Å². The van der Waals surface area contributed by atoms with Crippen molar-refractivity contribution in [3.05, 3.63) is 70.2 Å². The molecule has 146 valence electrons. The number of aliphatic hydroxyl groups is 1. The summed E-state index contributed by atoms with van der Waals surface area (Å²) in [5, 5.41) is 20.0. The highest BCUT2D eigenvalue weighted by Crippen LogP contribution is 2.31. The van der Waals surface area contributed by atoms with Crippen LogP contribution in [0.5, 0.6) is 0 Å². The first-order valence-corrected chi connectivity index (χ1v) is 9.99. The second kappa shape index (κ2) is 9.38. The van der Waals surface area contributed by atoms with Crippen LogP contribution in [0.4, 0.5) is 4.79 Å². The van der Waals surface area contributed by atoms with Gasteiger partial charge in [-0.3, -0.25) is 0 Å². The molecule has 0 heterocycles. The zero-order chi connectivity index (χ0) is 20.0. The van der Waals surface area contributed by atoms with Gasteiger partial charge in [-0.1, -0.05) is 58.4 Å². The highest BCUT2D eigenvalue weighted by Gasteiger charge is 2.26. The van der Waals surface area contributed by atoms with E-state index in [0.717, 1.165) is 15.6 Å². The Morgan fingerprint density at radius 2 is 1.67 bits per heavy atom. The van der Waals surface area contributed by atoms with Crippen LogP contribution in [0.2, 0.25) is 0 Å². The Balaban J connectivity index is 2.15.